The summed E-state index contributed by atoms with van der Waals surface area (Å²) in [6.07, 6.45) is 0.848. The number of carbonyl (C=O) groups is 1. The Morgan fingerprint density at radius 3 is 2.77 bits per heavy atom. The van der Waals surface area contributed by atoms with Crippen molar-refractivity contribution in [2.24, 2.45) is 11.1 Å². The topological polar surface area (TPSA) is 138 Å². The van der Waals surface area contributed by atoms with Gasteiger partial charge in [-0.05, 0) is 24.0 Å². The molecule has 1 aliphatic heterocycles. The molecule has 3 atom stereocenters. The molecule has 3 heterocycles. The fraction of sp³-hybridized carbons (Fsp3) is 0.500. The molecule has 164 valence electrons. The molecule has 5 N–H and O–H groups in total. The van der Waals surface area contributed by atoms with Crippen LogP contribution in [0.2, 0.25) is 0 Å². The normalized spacial score (nSPS) is 25.7. The van der Waals surface area contributed by atoms with Crippen molar-refractivity contribution in [1.82, 2.24) is 19.7 Å². The standard InChI is InChI=1S/C22H27N5O4/c1-21(2)12-15-14(11-16(21)28)18(19(23)29)25-27(15)17-10-13(5-8-24-17)4-6-22(31)7-9-26(3)20(22)30/h5,8,10,16,19,28-29,31H,7,9,11-12,23H2,1-3H3/t16-,19?,22+/m1/s1. The summed E-state index contributed by atoms with van der Waals surface area (Å²) in [4.78, 5) is 18.0. The molecule has 2 aromatic rings. The minimum absolute atomic E-state index is 0.259. The number of aromatic nitrogens is 3. The van der Waals surface area contributed by atoms with Crippen LogP contribution < -0.4 is 5.73 Å². The summed E-state index contributed by atoms with van der Waals surface area (Å²) in [7, 11) is 1.63. The average Bonchev–Trinajstić information content (AvgIpc) is 3.20. The SMILES string of the molecule is CN1CC[C@@](O)(C#Cc2ccnc(-n3nc(C(N)O)c4c3CC(C)(C)[C@H](O)C4)c2)C1=O. The Hall–Kier alpha value is -2.77. The molecule has 2 aromatic heterocycles. The highest BCUT2D eigenvalue weighted by molar-refractivity contribution is 5.90. The number of aliphatic hydroxyl groups excluding tert-OH is 2. The summed E-state index contributed by atoms with van der Waals surface area (Å²) in [5, 5.41) is 35.5. The smallest absolute Gasteiger partial charge is 0.267 e. The van der Waals surface area contributed by atoms with Gasteiger partial charge in [-0.2, -0.15) is 5.10 Å². The van der Waals surface area contributed by atoms with Gasteiger partial charge in [-0.25, -0.2) is 9.67 Å². The Kier molecular flexibility index (Phi) is 5.14. The number of likely N-dealkylation sites (N-methyl/N-ethyl adjacent to an activating group) is 1. The van der Waals surface area contributed by atoms with Crippen molar-refractivity contribution in [3.8, 4) is 17.7 Å². The van der Waals surface area contributed by atoms with Gasteiger partial charge in [-0.3, -0.25) is 4.79 Å². The molecular formula is C22H27N5O4. The maximum absolute atomic E-state index is 12.1. The molecule has 0 spiro atoms. The van der Waals surface area contributed by atoms with E-state index < -0.39 is 23.8 Å². The molecule has 2 aliphatic rings. The Morgan fingerprint density at radius 1 is 1.39 bits per heavy atom. The highest BCUT2D eigenvalue weighted by atomic mass is 16.3. The molecule has 9 nitrogen and oxygen atoms in total. The summed E-state index contributed by atoms with van der Waals surface area (Å²) in [6, 6.07) is 3.39. The molecule has 0 radical (unpaired) electrons. The Morgan fingerprint density at radius 2 is 2.13 bits per heavy atom. The number of likely N-dealkylation sites (tertiary alicyclic amines) is 1. The number of carbonyl (C=O) groups excluding carboxylic acids is 1. The summed E-state index contributed by atoms with van der Waals surface area (Å²) in [5.74, 6) is 5.65. The largest absolute Gasteiger partial charge is 0.392 e. The lowest BCUT2D eigenvalue weighted by Crippen LogP contribution is -2.38. The highest BCUT2D eigenvalue weighted by Gasteiger charge is 2.42. The highest BCUT2D eigenvalue weighted by Crippen LogP contribution is 2.38. The zero-order valence-corrected chi connectivity index (χ0v) is 17.8. The van der Waals surface area contributed by atoms with Gasteiger partial charge in [0.25, 0.3) is 5.91 Å². The second-order valence-corrected chi connectivity index (χ2v) is 9.04. The third-order valence-electron chi connectivity index (χ3n) is 6.21. The summed E-state index contributed by atoms with van der Waals surface area (Å²) >= 11 is 0. The first-order chi connectivity index (χ1) is 14.5. The van der Waals surface area contributed by atoms with E-state index in [1.807, 2.05) is 13.8 Å². The minimum Gasteiger partial charge on any atom is -0.392 e. The van der Waals surface area contributed by atoms with Gasteiger partial charge in [-0.1, -0.05) is 25.7 Å². The molecule has 0 aromatic carbocycles. The molecule has 1 saturated heterocycles. The lowest BCUT2D eigenvalue weighted by molar-refractivity contribution is -0.137. The minimum atomic E-state index is -1.68. The Balaban J connectivity index is 1.74. The first-order valence-electron chi connectivity index (χ1n) is 10.2. The van der Waals surface area contributed by atoms with Crippen molar-refractivity contribution in [2.75, 3.05) is 13.6 Å². The number of hydrogen-bond acceptors (Lipinski definition) is 7. The van der Waals surface area contributed by atoms with Crippen molar-refractivity contribution in [2.45, 2.75) is 51.0 Å². The third-order valence-corrected chi connectivity index (χ3v) is 6.21. The lowest BCUT2D eigenvalue weighted by Gasteiger charge is -2.35. The van der Waals surface area contributed by atoms with Crippen LogP contribution in [0.3, 0.4) is 0 Å². The van der Waals surface area contributed by atoms with E-state index >= 15 is 0 Å². The molecule has 1 fully saturated rings. The van der Waals surface area contributed by atoms with Crippen molar-refractivity contribution >= 4 is 5.91 Å². The van der Waals surface area contributed by atoms with E-state index in [0.717, 1.165) is 11.3 Å². The molecule has 31 heavy (non-hydrogen) atoms. The van der Waals surface area contributed by atoms with E-state index in [0.29, 0.717) is 36.5 Å². The van der Waals surface area contributed by atoms with E-state index in [4.69, 9.17) is 5.73 Å². The molecule has 0 saturated carbocycles. The number of rotatable bonds is 2. The average molecular weight is 425 g/mol. The summed E-state index contributed by atoms with van der Waals surface area (Å²) < 4.78 is 1.63. The van der Waals surface area contributed by atoms with E-state index in [2.05, 4.69) is 21.9 Å². The zero-order chi connectivity index (χ0) is 22.6. The molecule has 0 bridgehead atoms. The van der Waals surface area contributed by atoms with Gasteiger partial charge in [-0.15, -0.1) is 0 Å². The zero-order valence-electron chi connectivity index (χ0n) is 17.8. The van der Waals surface area contributed by atoms with Gasteiger partial charge in [0.2, 0.25) is 5.60 Å². The van der Waals surface area contributed by atoms with Gasteiger partial charge in [0.15, 0.2) is 5.82 Å². The maximum atomic E-state index is 12.1. The summed E-state index contributed by atoms with van der Waals surface area (Å²) in [6.45, 7) is 4.40. The quantitative estimate of drug-likeness (QED) is 0.381. The van der Waals surface area contributed by atoms with E-state index in [1.54, 1.807) is 30.1 Å². The van der Waals surface area contributed by atoms with Gasteiger partial charge in [0.1, 0.15) is 11.9 Å². The number of nitrogens with two attached hydrogens (primary N) is 1. The second-order valence-electron chi connectivity index (χ2n) is 9.04. The number of amides is 1. The van der Waals surface area contributed by atoms with Crippen molar-refractivity contribution in [3.05, 3.63) is 40.8 Å². The van der Waals surface area contributed by atoms with E-state index in [9.17, 15) is 20.1 Å². The lowest BCUT2D eigenvalue weighted by atomic mass is 9.74. The van der Waals surface area contributed by atoms with Crippen LogP contribution in [0.25, 0.3) is 5.82 Å². The van der Waals surface area contributed by atoms with Crippen LogP contribution in [0.4, 0.5) is 0 Å². The van der Waals surface area contributed by atoms with Crippen LogP contribution in [-0.4, -0.2) is 66.2 Å². The molecule has 1 amide bonds. The van der Waals surface area contributed by atoms with Crippen molar-refractivity contribution in [3.63, 3.8) is 0 Å². The second kappa shape index (κ2) is 7.43. The van der Waals surface area contributed by atoms with Gasteiger partial charge in [0.05, 0.1) is 11.8 Å². The maximum Gasteiger partial charge on any atom is 0.267 e. The van der Waals surface area contributed by atoms with Crippen molar-refractivity contribution < 1.29 is 20.1 Å². The van der Waals surface area contributed by atoms with Crippen molar-refractivity contribution in [1.29, 1.82) is 0 Å². The van der Waals surface area contributed by atoms with Gasteiger partial charge >= 0.3 is 0 Å². The predicted octanol–water partition coefficient (Wildman–Crippen LogP) is -0.353. The molecule has 4 rings (SSSR count). The number of hydrogen-bond donors (Lipinski definition) is 4. The molecule has 1 aliphatic carbocycles. The fourth-order valence-corrected chi connectivity index (χ4v) is 4.11. The predicted molar refractivity (Wildman–Crippen MR) is 112 cm³/mol. The monoisotopic (exact) mass is 425 g/mol. The van der Waals surface area contributed by atoms with Crippen LogP contribution in [0.1, 0.15) is 49.0 Å². The van der Waals surface area contributed by atoms with Crippen LogP contribution in [0.5, 0.6) is 0 Å². The van der Waals surface area contributed by atoms with Crippen LogP contribution in [-0.2, 0) is 17.6 Å². The number of aliphatic hydroxyl groups is 3. The fourth-order valence-electron chi connectivity index (χ4n) is 4.11. The first kappa shape index (κ1) is 21.5. The molecular weight excluding hydrogens is 398 g/mol. The molecule has 9 heteroatoms. The Labute approximate surface area is 180 Å². The van der Waals surface area contributed by atoms with E-state index in [1.165, 1.54) is 4.90 Å². The number of nitrogens with zero attached hydrogens (tertiary/aromatic N) is 4. The number of pyridine rings is 1. The third kappa shape index (κ3) is 3.72. The van der Waals surface area contributed by atoms with Gasteiger partial charge < -0.3 is 26.0 Å². The van der Waals surface area contributed by atoms with Crippen LogP contribution in [0.15, 0.2) is 18.3 Å². The van der Waals surface area contributed by atoms with E-state index in [-0.39, 0.29) is 11.8 Å². The number of fused-ring (bicyclic) bond motifs is 1. The Bertz CT molecular complexity index is 1100. The summed E-state index contributed by atoms with van der Waals surface area (Å²) in [5.41, 5.74) is 6.11. The molecule has 1 unspecified atom stereocenters. The first-order valence-corrected chi connectivity index (χ1v) is 10.2. The van der Waals surface area contributed by atoms with Gasteiger partial charge in [0, 0.05) is 43.8 Å². The van der Waals surface area contributed by atoms with Crippen LogP contribution >= 0.6 is 0 Å². The van der Waals surface area contributed by atoms with Crippen LogP contribution in [0, 0.1) is 17.3 Å².